The van der Waals surface area contributed by atoms with Crippen molar-refractivity contribution in [1.29, 1.82) is 0 Å². The third-order valence-electron chi connectivity index (χ3n) is 3.51. The number of benzene rings is 1. The Bertz CT molecular complexity index is 601. The van der Waals surface area contributed by atoms with Crippen molar-refractivity contribution >= 4 is 29.2 Å². The average Bonchev–Trinajstić information content (AvgIpc) is 2.50. The number of hydrogen-bond acceptors (Lipinski definition) is 3. The van der Waals surface area contributed by atoms with Crippen LogP contribution in [0.1, 0.15) is 12.8 Å². The Morgan fingerprint density at radius 2 is 2.17 bits per heavy atom. The van der Waals surface area contributed by atoms with Crippen LogP contribution in [-0.4, -0.2) is 36.5 Å². The highest BCUT2D eigenvalue weighted by atomic mass is 35.5. The maximum absolute atomic E-state index is 12.3. The van der Waals surface area contributed by atoms with Crippen molar-refractivity contribution in [2.45, 2.75) is 19.5 Å². The zero-order valence-corrected chi connectivity index (χ0v) is 12.9. The van der Waals surface area contributed by atoms with Crippen LogP contribution < -0.4 is 15.8 Å². The van der Waals surface area contributed by atoms with E-state index in [1.165, 1.54) is 23.1 Å². The molecule has 0 aromatic heterocycles. The van der Waals surface area contributed by atoms with Gasteiger partial charge < -0.3 is 20.7 Å². The molecule has 0 saturated carbocycles. The molecule has 9 heteroatoms. The van der Waals surface area contributed by atoms with Gasteiger partial charge in [-0.05, 0) is 25.0 Å². The van der Waals surface area contributed by atoms with Gasteiger partial charge in [-0.2, -0.15) is 8.78 Å². The Hall–Kier alpha value is -2.09. The largest absolute Gasteiger partial charge is 0.433 e. The molecule has 1 fully saturated rings. The molecule has 1 atom stereocenters. The lowest BCUT2D eigenvalue weighted by Gasteiger charge is -2.31. The van der Waals surface area contributed by atoms with E-state index in [0.29, 0.717) is 19.4 Å². The summed E-state index contributed by atoms with van der Waals surface area (Å²) in [6, 6.07) is 3.58. The molecule has 1 aliphatic heterocycles. The van der Waals surface area contributed by atoms with Gasteiger partial charge in [0.05, 0.1) is 10.9 Å². The second-order valence-corrected chi connectivity index (χ2v) is 5.55. The molecule has 0 spiro atoms. The first-order valence-electron chi connectivity index (χ1n) is 6.96. The number of primary amides is 1. The molecule has 1 aromatic carbocycles. The molecule has 6 nitrogen and oxygen atoms in total. The van der Waals surface area contributed by atoms with E-state index in [2.05, 4.69) is 10.1 Å². The number of anilines is 1. The van der Waals surface area contributed by atoms with Gasteiger partial charge >= 0.3 is 12.6 Å². The fraction of sp³-hybridized carbons (Fsp3) is 0.429. The minimum Gasteiger partial charge on any atom is -0.433 e. The fourth-order valence-electron chi connectivity index (χ4n) is 2.36. The number of ether oxygens (including phenoxy) is 1. The number of alkyl halides is 2. The smallest absolute Gasteiger partial charge is 0.387 e. The number of carbonyl (C=O) groups is 2. The van der Waals surface area contributed by atoms with Crippen molar-refractivity contribution < 1.29 is 23.1 Å². The van der Waals surface area contributed by atoms with E-state index in [-0.39, 0.29) is 28.9 Å². The van der Waals surface area contributed by atoms with Gasteiger partial charge in [0.25, 0.3) is 0 Å². The van der Waals surface area contributed by atoms with Crippen molar-refractivity contribution in [1.82, 2.24) is 4.90 Å². The Labute approximate surface area is 136 Å². The number of amides is 3. The minimum atomic E-state index is -3.02. The van der Waals surface area contributed by atoms with E-state index in [1.54, 1.807) is 0 Å². The fourth-order valence-corrected chi connectivity index (χ4v) is 2.53. The van der Waals surface area contributed by atoms with E-state index in [1.807, 2.05) is 0 Å². The van der Waals surface area contributed by atoms with Crippen molar-refractivity contribution in [3.63, 3.8) is 0 Å². The number of halogens is 3. The van der Waals surface area contributed by atoms with Gasteiger partial charge in [0, 0.05) is 24.8 Å². The third kappa shape index (κ3) is 4.69. The molecular formula is C14H16ClF2N3O3. The Morgan fingerprint density at radius 3 is 2.83 bits per heavy atom. The van der Waals surface area contributed by atoms with Crippen molar-refractivity contribution in [2.24, 2.45) is 11.7 Å². The highest BCUT2D eigenvalue weighted by Gasteiger charge is 2.27. The lowest BCUT2D eigenvalue weighted by Crippen LogP contribution is -2.45. The highest BCUT2D eigenvalue weighted by molar-refractivity contribution is 6.32. The summed E-state index contributed by atoms with van der Waals surface area (Å²) in [4.78, 5) is 24.9. The van der Waals surface area contributed by atoms with Crippen LogP contribution in [0.4, 0.5) is 19.3 Å². The van der Waals surface area contributed by atoms with E-state index < -0.39 is 18.5 Å². The number of hydrogen-bond donors (Lipinski definition) is 2. The van der Waals surface area contributed by atoms with Crippen LogP contribution in [0.3, 0.4) is 0 Å². The number of likely N-dealkylation sites (tertiary alicyclic amines) is 1. The zero-order chi connectivity index (χ0) is 17.0. The molecule has 23 heavy (non-hydrogen) atoms. The molecule has 2 rings (SSSR count). The Kier molecular flexibility index (Phi) is 5.59. The first-order chi connectivity index (χ1) is 10.9. The molecule has 1 heterocycles. The molecule has 3 amide bonds. The van der Waals surface area contributed by atoms with Crippen LogP contribution in [0.2, 0.25) is 5.02 Å². The van der Waals surface area contributed by atoms with Gasteiger partial charge in [0.15, 0.2) is 0 Å². The van der Waals surface area contributed by atoms with E-state index in [4.69, 9.17) is 17.3 Å². The van der Waals surface area contributed by atoms with Crippen LogP contribution in [0.15, 0.2) is 18.2 Å². The summed E-state index contributed by atoms with van der Waals surface area (Å²) in [7, 11) is 0. The number of piperidine rings is 1. The van der Waals surface area contributed by atoms with Gasteiger partial charge in [0.2, 0.25) is 5.91 Å². The zero-order valence-electron chi connectivity index (χ0n) is 12.1. The maximum Gasteiger partial charge on any atom is 0.387 e. The molecule has 3 N–H and O–H groups in total. The summed E-state index contributed by atoms with van der Waals surface area (Å²) < 4.78 is 28.8. The second kappa shape index (κ2) is 7.45. The predicted molar refractivity (Wildman–Crippen MR) is 80.6 cm³/mol. The summed E-state index contributed by atoms with van der Waals surface area (Å²) >= 11 is 5.75. The Morgan fingerprint density at radius 1 is 1.43 bits per heavy atom. The normalized spacial score (nSPS) is 17.9. The van der Waals surface area contributed by atoms with E-state index in [0.717, 1.165) is 0 Å². The third-order valence-corrected chi connectivity index (χ3v) is 3.82. The van der Waals surface area contributed by atoms with E-state index >= 15 is 0 Å². The predicted octanol–water partition coefficient (Wildman–Crippen LogP) is 2.67. The maximum atomic E-state index is 12.3. The number of rotatable bonds is 4. The van der Waals surface area contributed by atoms with Gasteiger partial charge in [-0.3, -0.25) is 4.79 Å². The van der Waals surface area contributed by atoms with Crippen molar-refractivity contribution in [3.8, 4) is 5.75 Å². The van der Waals surface area contributed by atoms with Crippen LogP contribution in [0.5, 0.6) is 5.75 Å². The number of nitrogens with zero attached hydrogens (tertiary/aromatic N) is 1. The molecule has 0 aliphatic carbocycles. The molecule has 0 unspecified atom stereocenters. The van der Waals surface area contributed by atoms with Crippen LogP contribution in [-0.2, 0) is 4.79 Å². The van der Waals surface area contributed by atoms with E-state index in [9.17, 15) is 18.4 Å². The summed E-state index contributed by atoms with van der Waals surface area (Å²) in [6.07, 6.45) is 1.31. The van der Waals surface area contributed by atoms with Gasteiger partial charge in [-0.15, -0.1) is 0 Å². The lowest BCUT2D eigenvalue weighted by atomic mass is 9.98. The first-order valence-corrected chi connectivity index (χ1v) is 7.34. The summed E-state index contributed by atoms with van der Waals surface area (Å²) in [5.41, 5.74) is 5.53. The van der Waals surface area contributed by atoms with Crippen LogP contribution in [0, 0.1) is 5.92 Å². The second-order valence-electron chi connectivity index (χ2n) is 5.14. The first kappa shape index (κ1) is 17.3. The van der Waals surface area contributed by atoms with Crippen molar-refractivity contribution in [3.05, 3.63) is 23.2 Å². The van der Waals surface area contributed by atoms with Crippen LogP contribution in [0.25, 0.3) is 0 Å². The van der Waals surface area contributed by atoms with Gasteiger partial charge in [-0.1, -0.05) is 11.6 Å². The lowest BCUT2D eigenvalue weighted by molar-refractivity contribution is -0.123. The number of nitrogens with one attached hydrogen (secondary N) is 1. The topological polar surface area (TPSA) is 84.7 Å². The monoisotopic (exact) mass is 347 g/mol. The van der Waals surface area contributed by atoms with Crippen LogP contribution >= 0.6 is 11.6 Å². The van der Waals surface area contributed by atoms with Gasteiger partial charge in [0.1, 0.15) is 5.75 Å². The summed E-state index contributed by atoms with van der Waals surface area (Å²) in [5.74, 6) is -1.05. The number of nitrogens with two attached hydrogens (primary N) is 1. The summed E-state index contributed by atoms with van der Waals surface area (Å²) in [5, 5.41) is 2.57. The molecular weight excluding hydrogens is 332 g/mol. The molecule has 126 valence electrons. The minimum absolute atomic E-state index is 0.00932. The quantitative estimate of drug-likeness (QED) is 0.878. The molecule has 1 aliphatic rings. The molecule has 1 aromatic rings. The van der Waals surface area contributed by atoms with Crippen molar-refractivity contribution in [2.75, 3.05) is 18.4 Å². The number of urea groups is 1. The highest BCUT2D eigenvalue weighted by Crippen LogP contribution is 2.29. The molecule has 1 saturated heterocycles. The molecule has 0 radical (unpaired) electrons. The SMILES string of the molecule is NC(=O)[C@@H]1CCCN(C(=O)Nc2ccc(Cl)c(OC(F)F)c2)C1. The van der Waals surface area contributed by atoms with Gasteiger partial charge in [-0.25, -0.2) is 4.79 Å². The molecule has 0 bridgehead atoms. The average molecular weight is 348 g/mol. The number of carbonyl (C=O) groups excluding carboxylic acids is 2. The Balaban J connectivity index is 2.03. The summed E-state index contributed by atoms with van der Waals surface area (Å²) in [6.45, 7) is -2.30. The standard InChI is InChI=1S/C14H16ClF2N3O3/c15-10-4-3-9(6-11(10)23-13(16)17)19-14(22)20-5-1-2-8(7-20)12(18)21/h3-4,6,8,13H,1-2,5,7H2,(H2,18,21)(H,19,22)/t8-/m1/s1.